The molecule has 100 valence electrons. The summed E-state index contributed by atoms with van der Waals surface area (Å²) in [6.07, 6.45) is 0. The molecular formula is C16H21N3. The second-order valence-corrected chi connectivity index (χ2v) is 5.39. The Balaban J connectivity index is 2.63. The Bertz CT molecular complexity index is 616. The van der Waals surface area contributed by atoms with E-state index in [0.717, 1.165) is 22.6 Å². The zero-order chi connectivity index (χ0) is 14.2. The van der Waals surface area contributed by atoms with Gasteiger partial charge in [-0.1, -0.05) is 26.0 Å². The van der Waals surface area contributed by atoms with E-state index in [0.29, 0.717) is 5.82 Å². The van der Waals surface area contributed by atoms with Crippen molar-refractivity contribution in [1.29, 1.82) is 0 Å². The van der Waals surface area contributed by atoms with E-state index < -0.39 is 0 Å². The summed E-state index contributed by atoms with van der Waals surface area (Å²) in [5.41, 5.74) is 11.6. The Morgan fingerprint density at radius 1 is 1.00 bits per heavy atom. The fourth-order valence-electron chi connectivity index (χ4n) is 1.98. The van der Waals surface area contributed by atoms with E-state index in [1.54, 1.807) is 0 Å². The van der Waals surface area contributed by atoms with Gasteiger partial charge >= 0.3 is 0 Å². The molecule has 2 aromatic rings. The second kappa shape index (κ2) is 5.00. The monoisotopic (exact) mass is 255 g/mol. The SMILES string of the molecule is Cc1ccc(-c2nc(C(C)C)nc(N)c2C)cc1C. The first-order chi connectivity index (χ1) is 8.90. The summed E-state index contributed by atoms with van der Waals surface area (Å²) in [7, 11) is 0. The van der Waals surface area contributed by atoms with Crippen LogP contribution in [0, 0.1) is 20.8 Å². The Morgan fingerprint density at radius 2 is 1.68 bits per heavy atom. The number of nitrogens with zero attached hydrogens (tertiary/aromatic N) is 2. The third-order valence-electron chi connectivity index (χ3n) is 3.50. The van der Waals surface area contributed by atoms with Crippen molar-refractivity contribution in [2.24, 2.45) is 0 Å². The van der Waals surface area contributed by atoms with Gasteiger partial charge in [0.1, 0.15) is 11.6 Å². The van der Waals surface area contributed by atoms with Gasteiger partial charge in [-0.25, -0.2) is 9.97 Å². The smallest absolute Gasteiger partial charge is 0.133 e. The first kappa shape index (κ1) is 13.5. The predicted octanol–water partition coefficient (Wildman–Crippen LogP) is 3.77. The fraction of sp³-hybridized carbons (Fsp3) is 0.375. The molecule has 0 aliphatic rings. The Hall–Kier alpha value is -1.90. The molecule has 2 N–H and O–H groups in total. The molecule has 1 aromatic heterocycles. The van der Waals surface area contributed by atoms with Crippen molar-refractivity contribution >= 4 is 5.82 Å². The van der Waals surface area contributed by atoms with E-state index in [9.17, 15) is 0 Å². The highest BCUT2D eigenvalue weighted by Gasteiger charge is 2.13. The molecule has 0 fully saturated rings. The number of nitrogen functional groups attached to an aromatic ring is 1. The first-order valence-electron chi connectivity index (χ1n) is 6.61. The van der Waals surface area contributed by atoms with E-state index in [1.807, 2.05) is 6.92 Å². The maximum atomic E-state index is 6.01. The van der Waals surface area contributed by atoms with Gasteiger partial charge in [-0.15, -0.1) is 0 Å². The summed E-state index contributed by atoms with van der Waals surface area (Å²) in [6.45, 7) is 10.4. The molecule has 0 unspecified atom stereocenters. The molecule has 2 rings (SSSR count). The molecule has 0 bridgehead atoms. The minimum Gasteiger partial charge on any atom is -0.383 e. The highest BCUT2D eigenvalue weighted by atomic mass is 15.0. The van der Waals surface area contributed by atoms with Gasteiger partial charge in [0.15, 0.2) is 0 Å². The van der Waals surface area contributed by atoms with Crippen molar-refractivity contribution in [3.63, 3.8) is 0 Å². The van der Waals surface area contributed by atoms with E-state index in [-0.39, 0.29) is 5.92 Å². The fourth-order valence-corrected chi connectivity index (χ4v) is 1.98. The lowest BCUT2D eigenvalue weighted by Crippen LogP contribution is -2.06. The van der Waals surface area contributed by atoms with Crippen LogP contribution in [0.2, 0.25) is 0 Å². The topological polar surface area (TPSA) is 51.8 Å². The number of benzene rings is 1. The molecule has 0 spiro atoms. The molecule has 0 atom stereocenters. The van der Waals surface area contributed by atoms with Crippen LogP contribution in [0.1, 0.15) is 42.3 Å². The van der Waals surface area contributed by atoms with Crippen LogP contribution in [-0.4, -0.2) is 9.97 Å². The number of anilines is 1. The van der Waals surface area contributed by atoms with Gasteiger partial charge < -0.3 is 5.73 Å². The highest BCUT2D eigenvalue weighted by Crippen LogP contribution is 2.27. The molecule has 19 heavy (non-hydrogen) atoms. The lowest BCUT2D eigenvalue weighted by molar-refractivity contribution is 0.776. The van der Waals surface area contributed by atoms with E-state index in [1.165, 1.54) is 11.1 Å². The van der Waals surface area contributed by atoms with Crippen molar-refractivity contribution in [2.75, 3.05) is 5.73 Å². The quantitative estimate of drug-likeness (QED) is 0.888. The molecule has 0 aliphatic heterocycles. The predicted molar refractivity (Wildman–Crippen MR) is 80.2 cm³/mol. The van der Waals surface area contributed by atoms with Crippen LogP contribution >= 0.6 is 0 Å². The number of nitrogens with two attached hydrogens (primary N) is 1. The average Bonchev–Trinajstić information content (AvgIpc) is 2.35. The van der Waals surface area contributed by atoms with Crippen molar-refractivity contribution in [2.45, 2.75) is 40.5 Å². The minimum atomic E-state index is 0.271. The van der Waals surface area contributed by atoms with Gasteiger partial charge in [-0.3, -0.25) is 0 Å². The van der Waals surface area contributed by atoms with Crippen LogP contribution in [0.25, 0.3) is 11.3 Å². The summed E-state index contributed by atoms with van der Waals surface area (Å²) >= 11 is 0. The largest absolute Gasteiger partial charge is 0.383 e. The Labute approximate surface area is 114 Å². The molecule has 1 heterocycles. The van der Waals surface area contributed by atoms with E-state index >= 15 is 0 Å². The molecule has 3 heteroatoms. The molecule has 0 saturated carbocycles. The number of hydrogen-bond donors (Lipinski definition) is 1. The second-order valence-electron chi connectivity index (χ2n) is 5.39. The Kier molecular flexibility index (Phi) is 3.56. The summed E-state index contributed by atoms with van der Waals surface area (Å²) < 4.78 is 0. The molecular weight excluding hydrogens is 234 g/mol. The average molecular weight is 255 g/mol. The van der Waals surface area contributed by atoms with Crippen LogP contribution < -0.4 is 5.73 Å². The van der Waals surface area contributed by atoms with Gasteiger partial charge in [-0.2, -0.15) is 0 Å². The van der Waals surface area contributed by atoms with Crippen LogP contribution in [-0.2, 0) is 0 Å². The van der Waals surface area contributed by atoms with Gasteiger partial charge in [-0.05, 0) is 38.0 Å². The number of rotatable bonds is 2. The van der Waals surface area contributed by atoms with Crippen molar-refractivity contribution < 1.29 is 0 Å². The van der Waals surface area contributed by atoms with Crippen molar-refractivity contribution in [3.05, 3.63) is 40.7 Å². The van der Waals surface area contributed by atoms with Crippen molar-refractivity contribution in [1.82, 2.24) is 9.97 Å². The number of hydrogen-bond acceptors (Lipinski definition) is 3. The zero-order valence-corrected chi connectivity index (χ0v) is 12.3. The van der Waals surface area contributed by atoms with Crippen molar-refractivity contribution in [3.8, 4) is 11.3 Å². The van der Waals surface area contributed by atoms with Gasteiger partial charge in [0.05, 0.1) is 5.69 Å². The standard InChI is InChI=1S/C16H21N3/c1-9(2)16-18-14(12(5)15(17)19-16)13-7-6-10(3)11(4)8-13/h6-9H,1-5H3,(H2,17,18,19). The van der Waals surface area contributed by atoms with Gasteiger partial charge in [0, 0.05) is 17.0 Å². The van der Waals surface area contributed by atoms with E-state index in [4.69, 9.17) is 5.73 Å². The lowest BCUT2D eigenvalue weighted by atomic mass is 10.0. The minimum absolute atomic E-state index is 0.271. The highest BCUT2D eigenvalue weighted by molar-refractivity contribution is 5.68. The lowest BCUT2D eigenvalue weighted by Gasteiger charge is -2.13. The van der Waals surface area contributed by atoms with Crippen LogP contribution in [0.3, 0.4) is 0 Å². The number of aromatic nitrogens is 2. The third kappa shape index (κ3) is 2.60. The summed E-state index contributed by atoms with van der Waals surface area (Å²) in [5, 5.41) is 0. The summed E-state index contributed by atoms with van der Waals surface area (Å²) in [5.74, 6) is 1.65. The van der Waals surface area contributed by atoms with Crippen LogP contribution in [0.5, 0.6) is 0 Å². The zero-order valence-electron chi connectivity index (χ0n) is 12.3. The van der Waals surface area contributed by atoms with Gasteiger partial charge in [0.2, 0.25) is 0 Å². The first-order valence-corrected chi connectivity index (χ1v) is 6.61. The molecule has 0 amide bonds. The van der Waals surface area contributed by atoms with E-state index in [2.05, 4.69) is 55.9 Å². The molecule has 1 aromatic carbocycles. The van der Waals surface area contributed by atoms with Crippen LogP contribution in [0.15, 0.2) is 18.2 Å². The van der Waals surface area contributed by atoms with Crippen LogP contribution in [0.4, 0.5) is 5.82 Å². The normalized spacial score (nSPS) is 11.1. The van der Waals surface area contributed by atoms with Gasteiger partial charge in [0.25, 0.3) is 0 Å². The molecule has 0 saturated heterocycles. The maximum Gasteiger partial charge on any atom is 0.133 e. The molecule has 0 radical (unpaired) electrons. The number of aryl methyl sites for hydroxylation is 2. The summed E-state index contributed by atoms with van der Waals surface area (Å²) in [4.78, 5) is 9.05. The molecule has 3 nitrogen and oxygen atoms in total. The maximum absolute atomic E-state index is 6.01. The summed E-state index contributed by atoms with van der Waals surface area (Å²) in [6, 6.07) is 6.38. The third-order valence-corrected chi connectivity index (χ3v) is 3.50. The molecule has 0 aliphatic carbocycles. The Morgan fingerprint density at radius 3 is 2.26 bits per heavy atom.